The van der Waals surface area contributed by atoms with Crippen molar-refractivity contribution in [1.82, 2.24) is 0 Å². The Labute approximate surface area is 128 Å². The smallest absolute Gasteiger partial charge is 0.306 e. The van der Waals surface area contributed by atoms with Crippen LogP contribution in [-0.2, 0) is 9.59 Å². The van der Waals surface area contributed by atoms with Gasteiger partial charge in [-0.25, -0.2) is 0 Å². The zero-order chi connectivity index (χ0) is 16.3. The van der Waals surface area contributed by atoms with Gasteiger partial charge in [0.1, 0.15) is 11.5 Å². The van der Waals surface area contributed by atoms with Gasteiger partial charge in [-0.1, -0.05) is 0 Å². The standard InChI is InChI=1S/C16H20O6/c1-21-9-3-5-14(22-2)12(7-9)10(4-6-15(17)18)11-8-13(11)16(19)20/h3,5,7,10-11,13H,4,6,8H2,1-2H3,(H,17,18)(H,19,20). The molecule has 2 rings (SSSR count). The van der Waals surface area contributed by atoms with Crippen LogP contribution in [0, 0.1) is 11.8 Å². The Kier molecular flexibility index (Phi) is 4.90. The molecule has 3 unspecified atom stereocenters. The summed E-state index contributed by atoms with van der Waals surface area (Å²) in [6.45, 7) is 0. The van der Waals surface area contributed by atoms with Crippen LogP contribution < -0.4 is 9.47 Å². The normalized spacial score (nSPS) is 21.0. The topological polar surface area (TPSA) is 93.1 Å². The van der Waals surface area contributed by atoms with E-state index in [0.717, 1.165) is 5.56 Å². The molecule has 0 bridgehead atoms. The molecule has 6 heteroatoms. The number of hydrogen-bond acceptors (Lipinski definition) is 4. The summed E-state index contributed by atoms with van der Waals surface area (Å²) in [7, 11) is 3.09. The van der Waals surface area contributed by atoms with Crippen molar-refractivity contribution in [2.24, 2.45) is 11.8 Å². The summed E-state index contributed by atoms with van der Waals surface area (Å²) < 4.78 is 10.6. The van der Waals surface area contributed by atoms with Gasteiger partial charge in [-0.2, -0.15) is 0 Å². The van der Waals surface area contributed by atoms with Gasteiger partial charge >= 0.3 is 11.9 Å². The first-order valence-electron chi connectivity index (χ1n) is 7.14. The average molecular weight is 308 g/mol. The van der Waals surface area contributed by atoms with Crippen molar-refractivity contribution in [2.75, 3.05) is 14.2 Å². The number of carboxylic acids is 2. The molecule has 0 aromatic heterocycles. The molecule has 0 spiro atoms. The Hall–Kier alpha value is -2.24. The molecule has 0 aliphatic heterocycles. The fourth-order valence-corrected chi connectivity index (χ4v) is 2.95. The maximum atomic E-state index is 11.2. The Morgan fingerprint density at radius 3 is 2.50 bits per heavy atom. The lowest BCUT2D eigenvalue weighted by Crippen LogP contribution is -2.11. The SMILES string of the molecule is COc1ccc(OC)c(C(CCC(=O)O)C2CC2C(=O)O)c1. The van der Waals surface area contributed by atoms with Crippen molar-refractivity contribution in [2.45, 2.75) is 25.2 Å². The van der Waals surface area contributed by atoms with E-state index < -0.39 is 17.9 Å². The first kappa shape index (κ1) is 16.1. The lowest BCUT2D eigenvalue weighted by atomic mass is 9.87. The van der Waals surface area contributed by atoms with Gasteiger partial charge in [0.2, 0.25) is 0 Å². The summed E-state index contributed by atoms with van der Waals surface area (Å²) in [6, 6.07) is 5.33. The molecular formula is C16H20O6. The van der Waals surface area contributed by atoms with E-state index in [1.165, 1.54) is 0 Å². The minimum absolute atomic E-state index is 0.00608. The summed E-state index contributed by atoms with van der Waals surface area (Å²) in [6.07, 6.45) is 0.946. The highest BCUT2D eigenvalue weighted by Crippen LogP contribution is 2.52. The summed E-state index contributed by atoms with van der Waals surface area (Å²) >= 11 is 0. The fraction of sp³-hybridized carbons (Fsp3) is 0.500. The molecule has 1 aliphatic carbocycles. The molecule has 1 aromatic rings. The van der Waals surface area contributed by atoms with Crippen LogP contribution in [-0.4, -0.2) is 36.4 Å². The molecule has 3 atom stereocenters. The van der Waals surface area contributed by atoms with E-state index in [4.69, 9.17) is 19.7 Å². The monoisotopic (exact) mass is 308 g/mol. The van der Waals surface area contributed by atoms with Crippen LogP contribution in [0.5, 0.6) is 11.5 Å². The molecule has 1 aliphatic rings. The van der Waals surface area contributed by atoms with Crippen LogP contribution in [0.4, 0.5) is 0 Å². The second-order valence-electron chi connectivity index (χ2n) is 5.49. The lowest BCUT2D eigenvalue weighted by Gasteiger charge is -2.20. The maximum Gasteiger partial charge on any atom is 0.306 e. The lowest BCUT2D eigenvalue weighted by molar-refractivity contribution is -0.139. The van der Waals surface area contributed by atoms with Crippen molar-refractivity contribution < 1.29 is 29.3 Å². The van der Waals surface area contributed by atoms with E-state index in [0.29, 0.717) is 24.3 Å². The van der Waals surface area contributed by atoms with Gasteiger partial charge in [0.25, 0.3) is 0 Å². The van der Waals surface area contributed by atoms with Gasteiger partial charge in [-0.15, -0.1) is 0 Å². The first-order chi connectivity index (χ1) is 10.5. The van der Waals surface area contributed by atoms with E-state index in [1.807, 2.05) is 6.07 Å². The number of methoxy groups -OCH3 is 2. The van der Waals surface area contributed by atoms with Crippen LogP contribution in [0.2, 0.25) is 0 Å². The van der Waals surface area contributed by atoms with E-state index in [-0.39, 0.29) is 18.3 Å². The van der Waals surface area contributed by atoms with Gasteiger partial charge in [0.05, 0.1) is 20.1 Å². The van der Waals surface area contributed by atoms with Gasteiger partial charge in [-0.05, 0) is 42.9 Å². The van der Waals surface area contributed by atoms with E-state index in [1.54, 1.807) is 26.4 Å². The number of ether oxygens (including phenoxy) is 2. The van der Waals surface area contributed by atoms with E-state index in [2.05, 4.69) is 0 Å². The van der Waals surface area contributed by atoms with Crippen LogP contribution in [0.15, 0.2) is 18.2 Å². The molecule has 1 fully saturated rings. The number of aliphatic carboxylic acids is 2. The van der Waals surface area contributed by atoms with E-state index in [9.17, 15) is 9.59 Å². The van der Waals surface area contributed by atoms with Crippen molar-refractivity contribution in [3.63, 3.8) is 0 Å². The Morgan fingerprint density at radius 1 is 1.27 bits per heavy atom. The predicted octanol–water partition coefficient (Wildman–Crippen LogP) is 2.37. The van der Waals surface area contributed by atoms with Crippen LogP contribution >= 0.6 is 0 Å². The summed E-state index contributed by atoms with van der Waals surface area (Å²) in [5, 5.41) is 18.1. The number of rotatable bonds is 8. The van der Waals surface area contributed by atoms with Crippen LogP contribution in [0.3, 0.4) is 0 Å². The quantitative estimate of drug-likeness (QED) is 0.766. The third-order valence-corrected chi connectivity index (χ3v) is 4.18. The van der Waals surface area contributed by atoms with E-state index >= 15 is 0 Å². The van der Waals surface area contributed by atoms with Gasteiger partial charge in [-0.3, -0.25) is 9.59 Å². The summed E-state index contributed by atoms with van der Waals surface area (Å²) in [4.78, 5) is 22.0. The third kappa shape index (κ3) is 3.50. The average Bonchev–Trinajstić information content (AvgIpc) is 3.27. The van der Waals surface area contributed by atoms with Gasteiger partial charge in [0.15, 0.2) is 0 Å². The number of carboxylic acid groups (broad SMARTS) is 2. The molecule has 0 radical (unpaired) electrons. The molecule has 6 nitrogen and oxygen atoms in total. The molecule has 1 aromatic carbocycles. The molecule has 0 saturated heterocycles. The second-order valence-corrected chi connectivity index (χ2v) is 5.49. The maximum absolute atomic E-state index is 11.2. The number of hydrogen-bond donors (Lipinski definition) is 2. The zero-order valence-corrected chi connectivity index (χ0v) is 12.6. The van der Waals surface area contributed by atoms with Gasteiger partial charge in [0, 0.05) is 12.0 Å². The van der Waals surface area contributed by atoms with Crippen molar-refractivity contribution in [3.05, 3.63) is 23.8 Å². The molecule has 0 amide bonds. The minimum Gasteiger partial charge on any atom is -0.497 e. The highest BCUT2D eigenvalue weighted by molar-refractivity contribution is 5.74. The molecular weight excluding hydrogens is 288 g/mol. The first-order valence-corrected chi connectivity index (χ1v) is 7.14. The molecule has 0 heterocycles. The fourth-order valence-electron chi connectivity index (χ4n) is 2.95. The van der Waals surface area contributed by atoms with Crippen molar-refractivity contribution in [1.29, 1.82) is 0 Å². The minimum atomic E-state index is -0.889. The number of benzene rings is 1. The van der Waals surface area contributed by atoms with Crippen molar-refractivity contribution >= 4 is 11.9 Å². The second kappa shape index (κ2) is 6.68. The predicted molar refractivity (Wildman–Crippen MR) is 78.4 cm³/mol. The molecule has 22 heavy (non-hydrogen) atoms. The number of carbonyl (C=O) groups is 2. The Balaban J connectivity index is 2.31. The van der Waals surface area contributed by atoms with Crippen LogP contribution in [0.25, 0.3) is 0 Å². The van der Waals surface area contributed by atoms with Crippen LogP contribution in [0.1, 0.15) is 30.7 Å². The molecule has 1 saturated carbocycles. The highest BCUT2D eigenvalue weighted by Gasteiger charge is 2.48. The highest BCUT2D eigenvalue weighted by atomic mass is 16.5. The van der Waals surface area contributed by atoms with Gasteiger partial charge < -0.3 is 19.7 Å². The largest absolute Gasteiger partial charge is 0.497 e. The summed E-state index contributed by atoms with van der Waals surface area (Å²) in [5.41, 5.74) is 0.817. The Morgan fingerprint density at radius 2 is 2.00 bits per heavy atom. The zero-order valence-electron chi connectivity index (χ0n) is 12.6. The summed E-state index contributed by atoms with van der Waals surface area (Å²) in [5.74, 6) is -1.07. The third-order valence-electron chi connectivity index (χ3n) is 4.18. The molecule has 2 N–H and O–H groups in total. The Bertz CT molecular complexity index is 568. The van der Waals surface area contributed by atoms with Crippen molar-refractivity contribution in [3.8, 4) is 11.5 Å². The molecule has 120 valence electrons.